The first kappa shape index (κ1) is 28.3. The molecule has 1 aromatic rings. The number of hydrogen-bond donors (Lipinski definition) is 2. The van der Waals surface area contributed by atoms with Gasteiger partial charge in [0.05, 0.1) is 18.8 Å². The van der Waals surface area contributed by atoms with Crippen LogP contribution in [-0.4, -0.2) is 51.0 Å². The zero-order chi connectivity index (χ0) is 23.6. The van der Waals surface area contributed by atoms with Gasteiger partial charge >= 0.3 is 0 Å². The summed E-state index contributed by atoms with van der Waals surface area (Å²) in [6.45, 7) is 15.3. The summed E-state index contributed by atoms with van der Waals surface area (Å²) in [6.07, 6.45) is -0.101. The van der Waals surface area contributed by atoms with Crippen LogP contribution in [0, 0.1) is 17.3 Å². The minimum Gasteiger partial charge on any atom is -0.396 e. The summed E-state index contributed by atoms with van der Waals surface area (Å²) in [5.74, 6) is 0.232. The van der Waals surface area contributed by atoms with Crippen molar-refractivity contribution in [2.45, 2.75) is 98.2 Å². The molecule has 0 aliphatic heterocycles. The molecule has 1 rings (SSSR count). The first-order chi connectivity index (χ1) is 14.4. The standard InChI is InChI=1S/C25H46O5Si/c1-18(16-25(3,4)5)14-22(28-6)23(29-17-20-12-10-9-11-13-20)21(26)15-19(2)24(27)30-31(7)8/h9-13,18-19,21-24,26-27,31H,14-17H2,1-8H3/t18-,19+,21-,22-,23+,24?/m0/s1. The molecule has 6 heteroatoms. The Labute approximate surface area is 191 Å². The van der Waals surface area contributed by atoms with Gasteiger partial charge in [0.2, 0.25) is 0 Å². The fourth-order valence-electron chi connectivity index (χ4n) is 4.17. The molecule has 0 saturated carbocycles. The lowest BCUT2D eigenvalue weighted by Crippen LogP contribution is -2.43. The highest BCUT2D eigenvalue weighted by atomic mass is 28.3. The minimum atomic E-state index is -1.36. The van der Waals surface area contributed by atoms with Crippen LogP contribution in [0.3, 0.4) is 0 Å². The molecular formula is C25H46O5Si. The molecule has 0 saturated heterocycles. The van der Waals surface area contributed by atoms with E-state index >= 15 is 0 Å². The van der Waals surface area contributed by atoms with Gasteiger partial charge in [0.15, 0.2) is 9.04 Å². The van der Waals surface area contributed by atoms with E-state index in [9.17, 15) is 10.2 Å². The lowest BCUT2D eigenvalue weighted by atomic mass is 9.82. The Morgan fingerprint density at radius 2 is 1.61 bits per heavy atom. The molecule has 1 unspecified atom stereocenters. The molecule has 5 nitrogen and oxygen atoms in total. The van der Waals surface area contributed by atoms with Gasteiger partial charge in [-0.15, -0.1) is 0 Å². The van der Waals surface area contributed by atoms with Gasteiger partial charge in [-0.1, -0.05) is 65.0 Å². The summed E-state index contributed by atoms with van der Waals surface area (Å²) in [5.41, 5.74) is 1.28. The number of rotatable bonds is 14. The predicted octanol–water partition coefficient (Wildman–Crippen LogP) is 4.75. The summed E-state index contributed by atoms with van der Waals surface area (Å²) in [7, 11) is 0.324. The van der Waals surface area contributed by atoms with Gasteiger partial charge in [0.1, 0.15) is 12.4 Å². The number of aliphatic hydroxyl groups is 2. The Hall–Kier alpha value is -0.763. The predicted molar refractivity (Wildman–Crippen MR) is 129 cm³/mol. The van der Waals surface area contributed by atoms with Crippen LogP contribution in [-0.2, 0) is 20.5 Å². The first-order valence-electron chi connectivity index (χ1n) is 11.6. The molecule has 0 amide bonds. The number of aliphatic hydroxyl groups excluding tert-OH is 2. The minimum absolute atomic E-state index is 0.197. The summed E-state index contributed by atoms with van der Waals surface area (Å²) in [6, 6.07) is 9.97. The molecular weight excluding hydrogens is 408 g/mol. The van der Waals surface area contributed by atoms with E-state index in [0.717, 1.165) is 18.4 Å². The number of methoxy groups -OCH3 is 1. The molecule has 180 valence electrons. The van der Waals surface area contributed by atoms with Crippen molar-refractivity contribution in [3.63, 3.8) is 0 Å². The summed E-state index contributed by atoms with van der Waals surface area (Å²) >= 11 is 0. The maximum Gasteiger partial charge on any atom is 0.174 e. The van der Waals surface area contributed by atoms with Gasteiger partial charge < -0.3 is 24.1 Å². The van der Waals surface area contributed by atoms with Crippen molar-refractivity contribution in [2.75, 3.05) is 7.11 Å². The molecule has 0 bridgehead atoms. The molecule has 0 aliphatic carbocycles. The Morgan fingerprint density at radius 1 is 1.00 bits per heavy atom. The average molecular weight is 455 g/mol. The molecule has 0 spiro atoms. The summed E-state index contributed by atoms with van der Waals surface area (Å²) in [5, 5.41) is 21.5. The van der Waals surface area contributed by atoms with Crippen molar-refractivity contribution < 1.29 is 24.1 Å². The van der Waals surface area contributed by atoms with Crippen molar-refractivity contribution in [1.29, 1.82) is 0 Å². The number of benzene rings is 1. The topological polar surface area (TPSA) is 68.2 Å². The van der Waals surface area contributed by atoms with Crippen molar-refractivity contribution in [3.05, 3.63) is 35.9 Å². The van der Waals surface area contributed by atoms with Crippen LogP contribution in [0.1, 0.15) is 59.4 Å². The number of ether oxygens (including phenoxy) is 2. The van der Waals surface area contributed by atoms with Gasteiger partial charge in [-0.25, -0.2) is 0 Å². The van der Waals surface area contributed by atoms with Gasteiger partial charge in [0, 0.05) is 13.0 Å². The highest BCUT2D eigenvalue weighted by Crippen LogP contribution is 2.30. The van der Waals surface area contributed by atoms with Crippen LogP contribution in [0.15, 0.2) is 30.3 Å². The van der Waals surface area contributed by atoms with Crippen molar-refractivity contribution >= 4 is 9.04 Å². The van der Waals surface area contributed by atoms with E-state index in [1.165, 1.54) is 0 Å². The first-order valence-corrected chi connectivity index (χ1v) is 14.4. The second-order valence-corrected chi connectivity index (χ2v) is 12.9. The molecule has 0 aromatic heterocycles. The van der Waals surface area contributed by atoms with Crippen LogP contribution in [0.25, 0.3) is 0 Å². The summed E-state index contributed by atoms with van der Waals surface area (Å²) < 4.78 is 17.7. The molecule has 2 N–H and O–H groups in total. The maximum absolute atomic E-state index is 11.1. The highest BCUT2D eigenvalue weighted by molar-refractivity contribution is 6.48. The largest absolute Gasteiger partial charge is 0.396 e. The molecule has 0 radical (unpaired) electrons. The van der Waals surface area contributed by atoms with E-state index < -0.39 is 27.5 Å². The molecule has 0 heterocycles. The molecule has 31 heavy (non-hydrogen) atoms. The summed E-state index contributed by atoms with van der Waals surface area (Å²) in [4.78, 5) is 0. The number of hydrogen-bond acceptors (Lipinski definition) is 5. The highest BCUT2D eigenvalue weighted by Gasteiger charge is 2.33. The van der Waals surface area contributed by atoms with E-state index in [4.69, 9.17) is 13.9 Å². The zero-order valence-corrected chi connectivity index (χ0v) is 22.0. The fraction of sp³-hybridized carbons (Fsp3) is 0.760. The third-order valence-corrected chi connectivity index (χ3v) is 6.26. The third-order valence-electron chi connectivity index (χ3n) is 5.44. The van der Waals surface area contributed by atoms with Gasteiger partial charge in [-0.05, 0) is 49.3 Å². The van der Waals surface area contributed by atoms with Crippen molar-refractivity contribution in [3.8, 4) is 0 Å². The van der Waals surface area contributed by atoms with Gasteiger partial charge in [-0.3, -0.25) is 0 Å². The van der Waals surface area contributed by atoms with Crippen molar-refractivity contribution in [2.24, 2.45) is 17.3 Å². The van der Waals surface area contributed by atoms with E-state index in [0.29, 0.717) is 18.9 Å². The lowest BCUT2D eigenvalue weighted by Gasteiger charge is -2.34. The Bertz CT molecular complexity index is 589. The second kappa shape index (κ2) is 13.7. The van der Waals surface area contributed by atoms with Crippen LogP contribution < -0.4 is 0 Å². The van der Waals surface area contributed by atoms with Gasteiger partial charge in [0.25, 0.3) is 0 Å². The third kappa shape index (κ3) is 11.6. The van der Waals surface area contributed by atoms with Gasteiger partial charge in [-0.2, -0.15) is 0 Å². The molecule has 1 aromatic carbocycles. The second-order valence-electron chi connectivity index (χ2n) is 10.5. The van der Waals surface area contributed by atoms with Crippen molar-refractivity contribution in [1.82, 2.24) is 0 Å². The Morgan fingerprint density at radius 3 is 2.13 bits per heavy atom. The van der Waals surface area contributed by atoms with Crippen LogP contribution in [0.4, 0.5) is 0 Å². The quantitative estimate of drug-likeness (QED) is 0.313. The molecule has 0 fully saturated rings. The molecule has 6 atom stereocenters. The Balaban J connectivity index is 2.91. The molecule has 0 aliphatic rings. The maximum atomic E-state index is 11.1. The average Bonchev–Trinajstić information content (AvgIpc) is 2.65. The normalized spacial score (nSPS) is 18.4. The van der Waals surface area contributed by atoms with E-state index in [1.54, 1.807) is 7.11 Å². The van der Waals surface area contributed by atoms with E-state index in [1.807, 2.05) is 50.3 Å². The van der Waals surface area contributed by atoms with Crippen LogP contribution in [0.5, 0.6) is 0 Å². The van der Waals surface area contributed by atoms with Crippen LogP contribution >= 0.6 is 0 Å². The SMILES string of the molecule is CO[C@@H](C[C@H](C)CC(C)(C)C)[C@H](OCc1ccccc1)[C@@H](O)C[C@@H](C)C(O)O[SiH](C)C. The fourth-order valence-corrected chi connectivity index (χ4v) is 4.99. The lowest BCUT2D eigenvalue weighted by molar-refractivity contribution is -0.139. The Kier molecular flexibility index (Phi) is 12.5. The van der Waals surface area contributed by atoms with Crippen LogP contribution in [0.2, 0.25) is 13.1 Å². The monoisotopic (exact) mass is 454 g/mol. The van der Waals surface area contributed by atoms with E-state index in [2.05, 4.69) is 27.7 Å². The van der Waals surface area contributed by atoms with E-state index in [-0.39, 0.29) is 17.4 Å². The smallest absolute Gasteiger partial charge is 0.174 e. The zero-order valence-electron chi connectivity index (χ0n) is 20.9.